The standard InChI is InChI=1S/C14H11NO3/c1-10-8-14(16)18-13-9-11(4-5-12(10)13)17-7-3-2-6-15/h2-5,8-9H,7H2,1H3/b3-2+. The van der Waals surface area contributed by atoms with Crippen molar-refractivity contribution in [3.05, 3.63) is 52.4 Å². The second-order valence-corrected chi connectivity index (χ2v) is 3.75. The summed E-state index contributed by atoms with van der Waals surface area (Å²) in [4.78, 5) is 11.3. The Bertz CT molecular complexity index is 692. The highest BCUT2D eigenvalue weighted by Gasteiger charge is 2.03. The lowest BCUT2D eigenvalue weighted by atomic mass is 10.1. The minimum atomic E-state index is -0.374. The summed E-state index contributed by atoms with van der Waals surface area (Å²) in [6.07, 6.45) is 2.96. The van der Waals surface area contributed by atoms with Crippen LogP contribution in [0.2, 0.25) is 0 Å². The van der Waals surface area contributed by atoms with Crippen molar-refractivity contribution in [2.24, 2.45) is 0 Å². The molecule has 1 aromatic carbocycles. The van der Waals surface area contributed by atoms with Gasteiger partial charge in [-0.25, -0.2) is 4.79 Å². The molecule has 0 saturated heterocycles. The molecule has 2 aromatic rings. The molecule has 4 nitrogen and oxygen atoms in total. The third kappa shape index (κ3) is 2.58. The van der Waals surface area contributed by atoms with Gasteiger partial charge in [-0.15, -0.1) is 0 Å². The molecule has 2 rings (SSSR count). The van der Waals surface area contributed by atoms with E-state index in [1.165, 1.54) is 12.1 Å². The normalized spacial score (nSPS) is 10.7. The van der Waals surface area contributed by atoms with E-state index in [1.807, 2.05) is 19.1 Å². The van der Waals surface area contributed by atoms with Crippen molar-refractivity contribution in [3.63, 3.8) is 0 Å². The van der Waals surface area contributed by atoms with Crippen LogP contribution in [0.25, 0.3) is 11.0 Å². The minimum Gasteiger partial charge on any atom is -0.489 e. The van der Waals surface area contributed by atoms with Crippen molar-refractivity contribution in [2.75, 3.05) is 6.61 Å². The Hall–Kier alpha value is -2.54. The third-order valence-corrected chi connectivity index (χ3v) is 2.46. The molecule has 4 heteroatoms. The number of nitrogens with zero attached hydrogens (tertiary/aromatic N) is 1. The fourth-order valence-corrected chi connectivity index (χ4v) is 1.64. The van der Waals surface area contributed by atoms with Crippen LogP contribution in [0.5, 0.6) is 5.75 Å². The van der Waals surface area contributed by atoms with E-state index < -0.39 is 0 Å². The summed E-state index contributed by atoms with van der Waals surface area (Å²) in [5, 5.41) is 9.21. The molecule has 0 unspecified atom stereocenters. The Morgan fingerprint density at radius 3 is 3.06 bits per heavy atom. The summed E-state index contributed by atoms with van der Waals surface area (Å²) in [5.74, 6) is 0.596. The lowest BCUT2D eigenvalue weighted by Crippen LogP contribution is -1.98. The first-order valence-electron chi connectivity index (χ1n) is 5.42. The van der Waals surface area contributed by atoms with Gasteiger partial charge in [0.25, 0.3) is 0 Å². The van der Waals surface area contributed by atoms with Gasteiger partial charge in [0.15, 0.2) is 0 Å². The average Bonchev–Trinajstić information content (AvgIpc) is 2.34. The number of ether oxygens (including phenoxy) is 1. The SMILES string of the molecule is Cc1cc(=O)oc2cc(OC/C=C/C#N)ccc12. The van der Waals surface area contributed by atoms with E-state index in [2.05, 4.69) is 0 Å². The number of hydrogen-bond acceptors (Lipinski definition) is 4. The largest absolute Gasteiger partial charge is 0.489 e. The average molecular weight is 241 g/mol. The molecule has 0 aliphatic heterocycles. The fourth-order valence-electron chi connectivity index (χ4n) is 1.64. The Morgan fingerprint density at radius 1 is 1.44 bits per heavy atom. The number of rotatable bonds is 3. The quantitative estimate of drug-likeness (QED) is 0.612. The monoisotopic (exact) mass is 241 g/mol. The van der Waals surface area contributed by atoms with Crippen LogP contribution in [0.3, 0.4) is 0 Å². The van der Waals surface area contributed by atoms with Crippen LogP contribution in [0.1, 0.15) is 5.56 Å². The minimum absolute atomic E-state index is 0.301. The van der Waals surface area contributed by atoms with Gasteiger partial charge in [-0.1, -0.05) is 0 Å². The van der Waals surface area contributed by atoms with Gasteiger partial charge in [-0.2, -0.15) is 5.26 Å². The maximum atomic E-state index is 11.3. The molecular weight excluding hydrogens is 230 g/mol. The highest BCUT2D eigenvalue weighted by atomic mass is 16.5. The van der Waals surface area contributed by atoms with Crippen molar-refractivity contribution in [3.8, 4) is 11.8 Å². The predicted octanol–water partition coefficient (Wildman–Crippen LogP) is 2.56. The smallest absolute Gasteiger partial charge is 0.336 e. The molecule has 1 aromatic heterocycles. The second kappa shape index (κ2) is 5.19. The summed E-state index contributed by atoms with van der Waals surface area (Å²) in [5.41, 5.74) is 1.00. The molecule has 90 valence electrons. The van der Waals surface area contributed by atoms with Crippen molar-refractivity contribution >= 4 is 11.0 Å². The highest BCUT2D eigenvalue weighted by Crippen LogP contribution is 2.22. The van der Waals surface area contributed by atoms with Gasteiger partial charge in [0.2, 0.25) is 0 Å². The first kappa shape index (κ1) is 11.9. The number of nitriles is 1. The zero-order valence-corrected chi connectivity index (χ0v) is 9.84. The third-order valence-electron chi connectivity index (χ3n) is 2.46. The van der Waals surface area contributed by atoms with Crippen LogP contribution >= 0.6 is 0 Å². The van der Waals surface area contributed by atoms with E-state index in [0.717, 1.165) is 10.9 Å². The van der Waals surface area contributed by atoms with Crippen molar-refractivity contribution in [2.45, 2.75) is 6.92 Å². The first-order valence-corrected chi connectivity index (χ1v) is 5.42. The zero-order valence-electron chi connectivity index (χ0n) is 9.84. The van der Waals surface area contributed by atoms with Gasteiger partial charge >= 0.3 is 5.63 Å². The van der Waals surface area contributed by atoms with Crippen LogP contribution in [0.15, 0.2) is 45.6 Å². The number of hydrogen-bond donors (Lipinski definition) is 0. The van der Waals surface area contributed by atoms with Crippen LogP contribution in [-0.4, -0.2) is 6.61 Å². The maximum absolute atomic E-state index is 11.3. The summed E-state index contributed by atoms with van der Waals surface area (Å²) < 4.78 is 10.5. The first-order chi connectivity index (χ1) is 8.70. The Kier molecular flexibility index (Phi) is 3.44. The number of allylic oxidation sites excluding steroid dienone is 1. The van der Waals surface area contributed by atoms with Crippen LogP contribution in [0, 0.1) is 18.3 Å². The zero-order chi connectivity index (χ0) is 13.0. The molecule has 0 aliphatic rings. The van der Waals surface area contributed by atoms with E-state index in [1.54, 1.807) is 18.2 Å². The van der Waals surface area contributed by atoms with E-state index in [-0.39, 0.29) is 5.63 Å². The van der Waals surface area contributed by atoms with Crippen molar-refractivity contribution < 1.29 is 9.15 Å². The van der Waals surface area contributed by atoms with E-state index in [4.69, 9.17) is 14.4 Å². The lowest BCUT2D eigenvalue weighted by Gasteiger charge is -2.05. The Balaban J connectivity index is 2.30. The van der Waals surface area contributed by atoms with Crippen LogP contribution in [0.4, 0.5) is 0 Å². The summed E-state index contributed by atoms with van der Waals surface area (Å²) >= 11 is 0. The molecule has 0 aliphatic carbocycles. The number of fused-ring (bicyclic) bond motifs is 1. The molecule has 0 saturated carbocycles. The second-order valence-electron chi connectivity index (χ2n) is 3.75. The molecule has 18 heavy (non-hydrogen) atoms. The highest BCUT2D eigenvalue weighted by molar-refractivity contribution is 5.81. The van der Waals surface area contributed by atoms with Gasteiger partial charge < -0.3 is 9.15 Å². The Labute approximate surface area is 104 Å². The van der Waals surface area contributed by atoms with Crippen molar-refractivity contribution in [1.29, 1.82) is 5.26 Å². The number of aryl methyl sites for hydroxylation is 1. The van der Waals surface area contributed by atoms with E-state index >= 15 is 0 Å². The molecule has 1 heterocycles. The van der Waals surface area contributed by atoms with Gasteiger partial charge in [-0.3, -0.25) is 0 Å². The van der Waals surface area contributed by atoms with Crippen molar-refractivity contribution in [1.82, 2.24) is 0 Å². The molecule has 0 amide bonds. The van der Waals surface area contributed by atoms with Gasteiger partial charge in [0.05, 0.1) is 6.07 Å². The Morgan fingerprint density at radius 2 is 2.28 bits per heavy atom. The summed E-state index contributed by atoms with van der Waals surface area (Å²) in [6.45, 7) is 2.16. The molecular formula is C14H11NO3. The predicted molar refractivity (Wildman–Crippen MR) is 67.5 cm³/mol. The molecule has 0 fully saturated rings. The topological polar surface area (TPSA) is 63.2 Å². The van der Waals surface area contributed by atoms with Gasteiger partial charge in [0.1, 0.15) is 17.9 Å². The molecule has 0 radical (unpaired) electrons. The van der Waals surface area contributed by atoms with E-state index in [0.29, 0.717) is 17.9 Å². The summed E-state index contributed by atoms with van der Waals surface area (Å²) in [7, 11) is 0. The van der Waals surface area contributed by atoms with Gasteiger partial charge in [-0.05, 0) is 30.7 Å². The molecule has 0 spiro atoms. The fraction of sp³-hybridized carbons (Fsp3) is 0.143. The van der Waals surface area contributed by atoms with Crippen LogP contribution < -0.4 is 10.4 Å². The lowest BCUT2D eigenvalue weighted by molar-refractivity contribution is 0.362. The van der Waals surface area contributed by atoms with E-state index in [9.17, 15) is 4.79 Å². The van der Waals surface area contributed by atoms with Crippen LogP contribution in [-0.2, 0) is 0 Å². The molecule has 0 atom stereocenters. The van der Waals surface area contributed by atoms with Gasteiger partial charge in [0, 0.05) is 23.6 Å². The summed E-state index contributed by atoms with van der Waals surface area (Å²) in [6, 6.07) is 8.65. The maximum Gasteiger partial charge on any atom is 0.336 e. The number of benzene rings is 1. The molecule has 0 N–H and O–H groups in total. The molecule has 0 bridgehead atoms.